The molecule has 3 aromatic rings. The van der Waals surface area contributed by atoms with Gasteiger partial charge in [0.05, 0.1) is 5.69 Å². The Morgan fingerprint density at radius 1 is 1.04 bits per heavy atom. The lowest BCUT2D eigenvalue weighted by Gasteiger charge is -2.09. The molecule has 3 rings (SSSR count). The highest BCUT2D eigenvalue weighted by molar-refractivity contribution is 5.66. The van der Waals surface area contributed by atoms with Crippen molar-refractivity contribution in [3.8, 4) is 11.3 Å². The quantitative estimate of drug-likeness (QED) is 0.716. The zero-order valence-electron chi connectivity index (χ0n) is 13.2. The highest BCUT2D eigenvalue weighted by Gasteiger charge is 2.08. The SMILES string of the molecule is CCCNc1nc(Nc2cc(C)on2)cc(-c2ccccc2)n1. The van der Waals surface area contributed by atoms with E-state index >= 15 is 0 Å². The van der Waals surface area contributed by atoms with Gasteiger partial charge in [0.15, 0.2) is 5.82 Å². The summed E-state index contributed by atoms with van der Waals surface area (Å²) in [5.41, 5.74) is 1.88. The Morgan fingerprint density at radius 2 is 1.87 bits per heavy atom. The second-order valence-electron chi connectivity index (χ2n) is 5.20. The Morgan fingerprint density at radius 3 is 2.57 bits per heavy atom. The maximum atomic E-state index is 5.08. The van der Waals surface area contributed by atoms with Crippen LogP contribution in [0.2, 0.25) is 0 Å². The van der Waals surface area contributed by atoms with Gasteiger partial charge in [0, 0.05) is 24.2 Å². The van der Waals surface area contributed by atoms with Gasteiger partial charge < -0.3 is 15.2 Å². The van der Waals surface area contributed by atoms with Crippen LogP contribution in [0.15, 0.2) is 47.0 Å². The summed E-state index contributed by atoms with van der Waals surface area (Å²) >= 11 is 0. The number of nitrogens with one attached hydrogen (secondary N) is 2. The Labute approximate surface area is 135 Å². The maximum absolute atomic E-state index is 5.08. The molecule has 118 valence electrons. The van der Waals surface area contributed by atoms with E-state index in [-0.39, 0.29) is 0 Å². The molecule has 0 aliphatic heterocycles. The zero-order chi connectivity index (χ0) is 16.1. The first kappa shape index (κ1) is 15.0. The third-order valence-corrected chi connectivity index (χ3v) is 3.21. The minimum absolute atomic E-state index is 0.593. The molecule has 0 atom stereocenters. The van der Waals surface area contributed by atoms with Gasteiger partial charge in [0.2, 0.25) is 5.95 Å². The van der Waals surface area contributed by atoms with Gasteiger partial charge in [-0.1, -0.05) is 42.4 Å². The lowest BCUT2D eigenvalue weighted by molar-refractivity contribution is 0.400. The number of nitrogens with zero attached hydrogens (tertiary/aromatic N) is 3. The minimum Gasteiger partial charge on any atom is -0.360 e. The van der Waals surface area contributed by atoms with Crippen molar-refractivity contribution in [1.82, 2.24) is 15.1 Å². The van der Waals surface area contributed by atoms with Crippen LogP contribution in [0.4, 0.5) is 17.6 Å². The van der Waals surface area contributed by atoms with Gasteiger partial charge in [-0.3, -0.25) is 0 Å². The molecule has 2 heterocycles. The molecule has 6 nitrogen and oxygen atoms in total. The summed E-state index contributed by atoms with van der Waals surface area (Å²) in [4.78, 5) is 9.07. The van der Waals surface area contributed by atoms with Gasteiger partial charge in [0.1, 0.15) is 11.6 Å². The molecular weight excluding hydrogens is 290 g/mol. The van der Waals surface area contributed by atoms with Crippen molar-refractivity contribution in [2.24, 2.45) is 0 Å². The lowest BCUT2D eigenvalue weighted by Crippen LogP contribution is -2.07. The Kier molecular flexibility index (Phi) is 4.52. The first-order chi connectivity index (χ1) is 11.2. The Bertz CT molecular complexity index is 770. The van der Waals surface area contributed by atoms with Gasteiger partial charge in [-0.25, -0.2) is 4.98 Å². The third-order valence-electron chi connectivity index (χ3n) is 3.21. The largest absolute Gasteiger partial charge is 0.360 e. The van der Waals surface area contributed by atoms with Crippen molar-refractivity contribution in [2.45, 2.75) is 20.3 Å². The van der Waals surface area contributed by atoms with Crippen molar-refractivity contribution >= 4 is 17.6 Å². The molecule has 0 saturated carbocycles. The van der Waals surface area contributed by atoms with E-state index in [1.165, 1.54) is 0 Å². The van der Waals surface area contributed by atoms with E-state index in [1.54, 1.807) is 0 Å². The minimum atomic E-state index is 0.593. The summed E-state index contributed by atoms with van der Waals surface area (Å²) in [6.07, 6.45) is 1.00. The van der Waals surface area contributed by atoms with E-state index in [1.807, 2.05) is 49.4 Å². The van der Waals surface area contributed by atoms with Crippen molar-refractivity contribution in [2.75, 3.05) is 17.2 Å². The first-order valence-electron chi connectivity index (χ1n) is 7.63. The van der Waals surface area contributed by atoms with E-state index in [4.69, 9.17) is 4.52 Å². The molecule has 2 aromatic heterocycles. The van der Waals surface area contributed by atoms with Crippen molar-refractivity contribution in [3.05, 3.63) is 48.2 Å². The van der Waals surface area contributed by atoms with E-state index in [2.05, 4.69) is 32.7 Å². The topological polar surface area (TPSA) is 75.9 Å². The van der Waals surface area contributed by atoms with Crippen LogP contribution in [-0.4, -0.2) is 21.7 Å². The van der Waals surface area contributed by atoms with Gasteiger partial charge >= 0.3 is 0 Å². The zero-order valence-corrected chi connectivity index (χ0v) is 13.2. The smallest absolute Gasteiger partial charge is 0.225 e. The summed E-state index contributed by atoms with van der Waals surface area (Å²) in [6, 6.07) is 13.7. The fourth-order valence-corrected chi connectivity index (χ4v) is 2.14. The van der Waals surface area contributed by atoms with Crippen LogP contribution in [0.5, 0.6) is 0 Å². The molecule has 0 saturated heterocycles. The predicted molar refractivity (Wildman–Crippen MR) is 90.8 cm³/mol. The molecule has 0 fully saturated rings. The number of aromatic nitrogens is 3. The standard InChI is InChI=1S/C17H19N5O/c1-3-9-18-17-19-14(13-7-5-4-6-8-13)11-15(21-17)20-16-10-12(2)23-22-16/h4-8,10-11H,3,9H2,1-2H3,(H2,18,19,20,21,22). The van der Waals surface area contributed by atoms with Crippen LogP contribution in [0.1, 0.15) is 19.1 Å². The fourth-order valence-electron chi connectivity index (χ4n) is 2.14. The van der Waals surface area contributed by atoms with E-state index in [0.29, 0.717) is 17.6 Å². The maximum Gasteiger partial charge on any atom is 0.225 e. The Balaban J connectivity index is 1.94. The Hall–Kier alpha value is -2.89. The molecule has 2 N–H and O–H groups in total. The van der Waals surface area contributed by atoms with Crippen LogP contribution in [0.3, 0.4) is 0 Å². The van der Waals surface area contributed by atoms with Crippen molar-refractivity contribution < 1.29 is 4.52 Å². The van der Waals surface area contributed by atoms with Crippen LogP contribution >= 0.6 is 0 Å². The summed E-state index contributed by atoms with van der Waals surface area (Å²) in [7, 11) is 0. The number of anilines is 3. The van der Waals surface area contributed by atoms with Crippen molar-refractivity contribution in [1.29, 1.82) is 0 Å². The molecule has 0 amide bonds. The summed E-state index contributed by atoms with van der Waals surface area (Å²) < 4.78 is 5.08. The van der Waals surface area contributed by atoms with Crippen LogP contribution in [-0.2, 0) is 0 Å². The molecule has 0 bridgehead atoms. The highest BCUT2D eigenvalue weighted by Crippen LogP contribution is 2.23. The first-order valence-corrected chi connectivity index (χ1v) is 7.63. The molecule has 1 aromatic carbocycles. The monoisotopic (exact) mass is 309 g/mol. The number of rotatable bonds is 6. The number of aryl methyl sites for hydroxylation is 1. The molecule has 0 aliphatic carbocycles. The fraction of sp³-hybridized carbons (Fsp3) is 0.235. The number of hydrogen-bond donors (Lipinski definition) is 2. The predicted octanol–water partition coefficient (Wildman–Crippen LogP) is 4.01. The average molecular weight is 309 g/mol. The van der Waals surface area contributed by atoms with Crippen LogP contribution in [0.25, 0.3) is 11.3 Å². The van der Waals surface area contributed by atoms with Gasteiger partial charge in [0.25, 0.3) is 0 Å². The van der Waals surface area contributed by atoms with Gasteiger partial charge in [-0.15, -0.1) is 0 Å². The molecular formula is C17H19N5O. The molecule has 0 radical (unpaired) electrons. The summed E-state index contributed by atoms with van der Waals surface area (Å²) in [5.74, 6) is 2.64. The molecule has 23 heavy (non-hydrogen) atoms. The normalized spacial score (nSPS) is 10.5. The molecule has 0 spiro atoms. The van der Waals surface area contributed by atoms with Crippen molar-refractivity contribution in [3.63, 3.8) is 0 Å². The summed E-state index contributed by atoms with van der Waals surface area (Å²) in [5, 5.41) is 10.3. The number of hydrogen-bond acceptors (Lipinski definition) is 6. The number of benzene rings is 1. The second-order valence-corrected chi connectivity index (χ2v) is 5.20. The molecule has 0 unspecified atom stereocenters. The summed E-state index contributed by atoms with van der Waals surface area (Å²) in [6.45, 7) is 4.77. The van der Waals surface area contributed by atoms with E-state index < -0.39 is 0 Å². The molecule has 0 aliphatic rings. The highest BCUT2D eigenvalue weighted by atomic mass is 16.5. The molecule has 6 heteroatoms. The average Bonchev–Trinajstić information content (AvgIpc) is 2.98. The van der Waals surface area contributed by atoms with Gasteiger partial charge in [-0.05, 0) is 13.3 Å². The van der Waals surface area contributed by atoms with Crippen LogP contribution in [0, 0.1) is 6.92 Å². The van der Waals surface area contributed by atoms with E-state index in [9.17, 15) is 0 Å². The third kappa shape index (κ3) is 3.85. The van der Waals surface area contributed by atoms with Crippen LogP contribution < -0.4 is 10.6 Å². The lowest BCUT2D eigenvalue weighted by atomic mass is 10.1. The second kappa shape index (κ2) is 6.91. The van der Waals surface area contributed by atoms with E-state index in [0.717, 1.165) is 30.0 Å². The van der Waals surface area contributed by atoms with Gasteiger partial charge in [-0.2, -0.15) is 4.98 Å².